The number of benzene rings is 1. The van der Waals surface area contributed by atoms with Crippen LogP contribution in [0.4, 0.5) is 0 Å². The Balaban J connectivity index is 2.09. The summed E-state index contributed by atoms with van der Waals surface area (Å²) in [7, 11) is 4.19. The molecule has 1 heterocycles. The van der Waals surface area contributed by atoms with E-state index in [0.29, 0.717) is 0 Å². The van der Waals surface area contributed by atoms with Gasteiger partial charge < -0.3 is 10.2 Å². The van der Waals surface area contributed by atoms with Crippen molar-refractivity contribution < 1.29 is 0 Å². The summed E-state index contributed by atoms with van der Waals surface area (Å²) in [5, 5.41) is 3.34. The van der Waals surface area contributed by atoms with E-state index in [1.165, 1.54) is 11.1 Å². The predicted octanol–water partition coefficient (Wildman–Crippen LogP) is 2.69. The molecule has 0 amide bonds. The van der Waals surface area contributed by atoms with E-state index in [4.69, 9.17) is 0 Å². The molecule has 0 aliphatic carbocycles. The van der Waals surface area contributed by atoms with Gasteiger partial charge in [0.15, 0.2) is 0 Å². The highest BCUT2D eigenvalue weighted by Gasteiger charge is 2.27. The summed E-state index contributed by atoms with van der Waals surface area (Å²) >= 11 is 0. The second-order valence-electron chi connectivity index (χ2n) is 5.99. The van der Waals surface area contributed by atoms with Crippen LogP contribution in [0.15, 0.2) is 54.9 Å². The molecule has 3 heteroatoms. The maximum atomic E-state index is 4.19. The molecular formula is C18H25N3. The third kappa shape index (κ3) is 4.38. The summed E-state index contributed by atoms with van der Waals surface area (Å²) in [6, 6.07) is 14.9. The van der Waals surface area contributed by atoms with Crippen molar-refractivity contribution in [2.24, 2.45) is 0 Å². The van der Waals surface area contributed by atoms with Crippen LogP contribution < -0.4 is 5.32 Å². The Morgan fingerprint density at radius 2 is 1.90 bits per heavy atom. The first-order chi connectivity index (χ1) is 10.1. The SMILES string of the molecule is CNCC(C)(CN(C)Cc1cccnc1)c1ccccc1. The number of nitrogens with one attached hydrogen (secondary N) is 1. The van der Waals surface area contributed by atoms with Gasteiger partial charge in [-0.2, -0.15) is 0 Å². The Bertz CT molecular complexity index is 527. The van der Waals surface area contributed by atoms with E-state index in [1.54, 1.807) is 0 Å². The highest BCUT2D eigenvalue weighted by atomic mass is 15.1. The van der Waals surface area contributed by atoms with E-state index in [0.717, 1.165) is 19.6 Å². The van der Waals surface area contributed by atoms with Crippen LogP contribution in [0.2, 0.25) is 0 Å². The molecule has 2 rings (SSSR count). The summed E-state index contributed by atoms with van der Waals surface area (Å²) < 4.78 is 0. The van der Waals surface area contributed by atoms with Crippen LogP contribution in [0.25, 0.3) is 0 Å². The highest BCUT2D eigenvalue weighted by molar-refractivity contribution is 5.25. The van der Waals surface area contributed by atoms with E-state index in [-0.39, 0.29) is 5.41 Å². The van der Waals surface area contributed by atoms with Crippen LogP contribution in [0.3, 0.4) is 0 Å². The van der Waals surface area contributed by atoms with Gasteiger partial charge in [-0.25, -0.2) is 0 Å². The summed E-state index contributed by atoms with van der Waals surface area (Å²) in [5.41, 5.74) is 2.71. The number of likely N-dealkylation sites (N-methyl/N-ethyl adjacent to an activating group) is 2. The van der Waals surface area contributed by atoms with Gasteiger partial charge in [0.2, 0.25) is 0 Å². The Labute approximate surface area is 128 Å². The van der Waals surface area contributed by atoms with E-state index < -0.39 is 0 Å². The number of hydrogen-bond acceptors (Lipinski definition) is 3. The number of pyridine rings is 1. The van der Waals surface area contributed by atoms with Gasteiger partial charge in [-0.3, -0.25) is 4.98 Å². The first-order valence-corrected chi connectivity index (χ1v) is 7.41. The molecule has 0 bridgehead atoms. The highest BCUT2D eigenvalue weighted by Crippen LogP contribution is 2.24. The Kier molecular flexibility index (Phi) is 5.48. The minimum Gasteiger partial charge on any atom is -0.319 e. The summed E-state index contributed by atoms with van der Waals surface area (Å²) in [4.78, 5) is 6.55. The lowest BCUT2D eigenvalue weighted by Crippen LogP contribution is -2.43. The fourth-order valence-electron chi connectivity index (χ4n) is 2.93. The fourth-order valence-corrected chi connectivity index (χ4v) is 2.93. The third-order valence-electron chi connectivity index (χ3n) is 3.83. The average molecular weight is 283 g/mol. The van der Waals surface area contributed by atoms with Crippen LogP contribution in [-0.2, 0) is 12.0 Å². The maximum Gasteiger partial charge on any atom is 0.0312 e. The number of nitrogens with zero attached hydrogens (tertiary/aromatic N) is 2. The molecule has 1 aromatic carbocycles. The van der Waals surface area contributed by atoms with Crippen molar-refractivity contribution in [3.8, 4) is 0 Å². The predicted molar refractivity (Wildman–Crippen MR) is 88.3 cm³/mol. The minimum atomic E-state index is 0.0902. The van der Waals surface area contributed by atoms with Crippen LogP contribution >= 0.6 is 0 Å². The molecule has 1 atom stereocenters. The number of rotatable bonds is 7. The van der Waals surface area contributed by atoms with E-state index >= 15 is 0 Å². The largest absolute Gasteiger partial charge is 0.319 e. The average Bonchev–Trinajstić information content (AvgIpc) is 2.49. The van der Waals surface area contributed by atoms with Gasteiger partial charge in [0.1, 0.15) is 0 Å². The van der Waals surface area contributed by atoms with Crippen molar-refractivity contribution in [3.63, 3.8) is 0 Å². The van der Waals surface area contributed by atoms with Gasteiger partial charge in [-0.15, -0.1) is 0 Å². The summed E-state index contributed by atoms with van der Waals surface area (Å²) in [6.45, 7) is 5.18. The van der Waals surface area contributed by atoms with Crippen molar-refractivity contribution in [1.82, 2.24) is 15.2 Å². The van der Waals surface area contributed by atoms with Gasteiger partial charge in [0, 0.05) is 37.4 Å². The molecule has 2 aromatic rings. The van der Waals surface area contributed by atoms with Crippen LogP contribution in [0.5, 0.6) is 0 Å². The lowest BCUT2D eigenvalue weighted by Gasteiger charge is -2.34. The third-order valence-corrected chi connectivity index (χ3v) is 3.83. The zero-order valence-corrected chi connectivity index (χ0v) is 13.2. The van der Waals surface area contributed by atoms with Crippen molar-refractivity contribution in [3.05, 3.63) is 66.0 Å². The summed E-state index contributed by atoms with van der Waals surface area (Å²) in [6.07, 6.45) is 3.76. The smallest absolute Gasteiger partial charge is 0.0312 e. The Morgan fingerprint density at radius 1 is 1.14 bits per heavy atom. The van der Waals surface area contributed by atoms with Crippen molar-refractivity contribution in [2.75, 3.05) is 27.2 Å². The van der Waals surface area contributed by atoms with Gasteiger partial charge in [0.05, 0.1) is 0 Å². The molecule has 0 saturated heterocycles. The quantitative estimate of drug-likeness (QED) is 0.847. The molecule has 0 aliphatic heterocycles. The maximum absolute atomic E-state index is 4.19. The molecular weight excluding hydrogens is 258 g/mol. The Hall–Kier alpha value is -1.71. The van der Waals surface area contributed by atoms with Crippen LogP contribution in [0, 0.1) is 0 Å². The molecule has 0 fully saturated rings. The molecule has 0 aliphatic rings. The molecule has 1 N–H and O–H groups in total. The molecule has 112 valence electrons. The van der Waals surface area contributed by atoms with Crippen molar-refractivity contribution in [2.45, 2.75) is 18.9 Å². The minimum absolute atomic E-state index is 0.0902. The molecule has 0 saturated carbocycles. The lowest BCUT2D eigenvalue weighted by atomic mass is 9.81. The molecule has 1 unspecified atom stereocenters. The van der Waals surface area contributed by atoms with Crippen molar-refractivity contribution >= 4 is 0 Å². The van der Waals surface area contributed by atoms with Crippen LogP contribution in [-0.4, -0.2) is 37.1 Å². The van der Waals surface area contributed by atoms with Gasteiger partial charge in [-0.1, -0.05) is 43.3 Å². The normalized spacial score (nSPS) is 14.1. The lowest BCUT2D eigenvalue weighted by molar-refractivity contribution is 0.245. The second-order valence-corrected chi connectivity index (χ2v) is 5.99. The monoisotopic (exact) mass is 283 g/mol. The van der Waals surface area contributed by atoms with Crippen molar-refractivity contribution in [1.29, 1.82) is 0 Å². The Morgan fingerprint density at radius 3 is 2.52 bits per heavy atom. The van der Waals surface area contributed by atoms with Crippen LogP contribution in [0.1, 0.15) is 18.1 Å². The standard InChI is InChI=1S/C18H25N3/c1-18(14-19-2,17-9-5-4-6-10-17)15-21(3)13-16-8-7-11-20-12-16/h4-12,19H,13-15H2,1-3H3. The number of hydrogen-bond donors (Lipinski definition) is 1. The molecule has 21 heavy (non-hydrogen) atoms. The number of aromatic nitrogens is 1. The fraction of sp³-hybridized carbons (Fsp3) is 0.389. The van der Waals surface area contributed by atoms with E-state index in [2.05, 4.69) is 65.6 Å². The molecule has 0 radical (unpaired) electrons. The molecule has 3 nitrogen and oxygen atoms in total. The van der Waals surface area contributed by atoms with Gasteiger partial charge in [0.25, 0.3) is 0 Å². The van der Waals surface area contributed by atoms with Gasteiger partial charge >= 0.3 is 0 Å². The topological polar surface area (TPSA) is 28.2 Å². The first-order valence-electron chi connectivity index (χ1n) is 7.41. The summed E-state index contributed by atoms with van der Waals surface area (Å²) in [5.74, 6) is 0. The van der Waals surface area contributed by atoms with E-state index in [1.807, 2.05) is 25.5 Å². The molecule has 1 aromatic heterocycles. The van der Waals surface area contributed by atoms with Gasteiger partial charge in [-0.05, 0) is 31.3 Å². The first kappa shape index (κ1) is 15.7. The molecule has 0 spiro atoms. The zero-order chi connectivity index (χ0) is 15.1. The van der Waals surface area contributed by atoms with E-state index in [9.17, 15) is 0 Å². The zero-order valence-electron chi connectivity index (χ0n) is 13.2. The second kappa shape index (κ2) is 7.34.